The summed E-state index contributed by atoms with van der Waals surface area (Å²) >= 11 is 0. The van der Waals surface area contributed by atoms with Crippen LogP contribution in [0.4, 0.5) is 5.69 Å². The van der Waals surface area contributed by atoms with E-state index < -0.39 is 0 Å². The van der Waals surface area contributed by atoms with Crippen molar-refractivity contribution < 1.29 is 4.79 Å². The van der Waals surface area contributed by atoms with Crippen LogP contribution in [0.1, 0.15) is 17.9 Å². The van der Waals surface area contributed by atoms with Gasteiger partial charge in [-0.3, -0.25) is 4.79 Å². The highest BCUT2D eigenvalue weighted by molar-refractivity contribution is 6.02. The van der Waals surface area contributed by atoms with Crippen molar-refractivity contribution in [2.45, 2.75) is 18.4 Å². The molecule has 0 radical (unpaired) electrons. The molecular formula is C13H14N2O. The maximum atomic E-state index is 11.8. The van der Waals surface area contributed by atoms with E-state index in [9.17, 15) is 4.79 Å². The molecule has 16 heavy (non-hydrogen) atoms. The second-order valence-corrected chi connectivity index (χ2v) is 3.87. The summed E-state index contributed by atoms with van der Waals surface area (Å²) in [5.41, 5.74) is 1.95. The Morgan fingerprint density at radius 1 is 1.56 bits per heavy atom. The van der Waals surface area contributed by atoms with Gasteiger partial charge in [0.25, 0.3) is 0 Å². The van der Waals surface area contributed by atoms with E-state index in [1.807, 2.05) is 31.3 Å². The number of anilines is 1. The van der Waals surface area contributed by atoms with Gasteiger partial charge in [-0.2, -0.15) is 0 Å². The van der Waals surface area contributed by atoms with E-state index in [4.69, 9.17) is 6.42 Å². The van der Waals surface area contributed by atoms with Gasteiger partial charge in [-0.15, -0.1) is 6.42 Å². The van der Waals surface area contributed by atoms with Crippen molar-refractivity contribution in [1.82, 2.24) is 5.32 Å². The molecular weight excluding hydrogens is 200 g/mol. The molecule has 2 N–H and O–H groups in total. The molecule has 0 saturated heterocycles. The molecule has 2 rings (SSSR count). The Hall–Kier alpha value is -1.79. The standard InChI is InChI=1S/C13H14N2O/c1-3-9(14-2)8-11-10-6-4-5-7-12(10)15-13(11)16/h1,4-7,9,11,14H,8H2,2H3,(H,15,16). The predicted octanol–water partition coefficient (Wildman–Crippen LogP) is 1.33. The topological polar surface area (TPSA) is 41.1 Å². The summed E-state index contributed by atoms with van der Waals surface area (Å²) < 4.78 is 0. The van der Waals surface area contributed by atoms with Crippen molar-refractivity contribution in [3.63, 3.8) is 0 Å². The van der Waals surface area contributed by atoms with E-state index in [0.29, 0.717) is 6.42 Å². The van der Waals surface area contributed by atoms with Gasteiger partial charge in [0.2, 0.25) is 5.91 Å². The van der Waals surface area contributed by atoms with Crippen LogP contribution >= 0.6 is 0 Å². The SMILES string of the molecule is C#CC(CC1C(=O)Nc2ccccc21)NC. The zero-order valence-electron chi connectivity index (χ0n) is 9.16. The molecule has 0 bridgehead atoms. The number of rotatable bonds is 3. The van der Waals surface area contributed by atoms with Gasteiger partial charge in [0.1, 0.15) is 0 Å². The second kappa shape index (κ2) is 4.38. The van der Waals surface area contributed by atoms with Crippen LogP contribution in [-0.4, -0.2) is 19.0 Å². The number of carbonyl (C=O) groups excluding carboxylic acids is 1. The lowest BCUT2D eigenvalue weighted by Crippen LogP contribution is -2.27. The molecule has 1 aliphatic heterocycles. The van der Waals surface area contributed by atoms with E-state index in [1.54, 1.807) is 0 Å². The highest BCUT2D eigenvalue weighted by Gasteiger charge is 2.31. The third-order valence-corrected chi connectivity index (χ3v) is 2.93. The molecule has 0 fully saturated rings. The van der Waals surface area contributed by atoms with Crippen molar-refractivity contribution in [2.75, 3.05) is 12.4 Å². The summed E-state index contributed by atoms with van der Waals surface area (Å²) in [6.07, 6.45) is 6.02. The Bertz CT molecular complexity index is 447. The maximum absolute atomic E-state index is 11.8. The predicted molar refractivity (Wildman–Crippen MR) is 64.1 cm³/mol. The first kappa shape index (κ1) is 10.7. The summed E-state index contributed by atoms with van der Waals surface area (Å²) in [5, 5.41) is 5.88. The number of fused-ring (bicyclic) bond motifs is 1. The summed E-state index contributed by atoms with van der Waals surface area (Å²) in [6.45, 7) is 0. The summed E-state index contributed by atoms with van der Waals surface area (Å²) in [5.74, 6) is 2.54. The van der Waals surface area contributed by atoms with Crippen molar-refractivity contribution in [3.05, 3.63) is 29.8 Å². The molecule has 0 aromatic heterocycles. The van der Waals surface area contributed by atoms with Gasteiger partial charge in [0.05, 0.1) is 12.0 Å². The Morgan fingerprint density at radius 2 is 2.31 bits per heavy atom. The molecule has 1 aromatic rings. The van der Waals surface area contributed by atoms with Crippen LogP contribution in [0.2, 0.25) is 0 Å². The van der Waals surface area contributed by atoms with Crippen LogP contribution in [0, 0.1) is 12.3 Å². The maximum Gasteiger partial charge on any atom is 0.232 e. The molecule has 0 saturated carbocycles. The number of amides is 1. The Labute approximate surface area is 95.2 Å². The smallest absolute Gasteiger partial charge is 0.232 e. The van der Waals surface area contributed by atoms with E-state index >= 15 is 0 Å². The minimum absolute atomic E-state index is 0.0386. The summed E-state index contributed by atoms with van der Waals surface area (Å²) in [4.78, 5) is 11.8. The lowest BCUT2D eigenvalue weighted by Gasteiger charge is -2.13. The molecule has 82 valence electrons. The minimum Gasteiger partial charge on any atom is -0.325 e. The number of benzene rings is 1. The highest BCUT2D eigenvalue weighted by Crippen LogP contribution is 2.34. The van der Waals surface area contributed by atoms with Gasteiger partial charge >= 0.3 is 0 Å². The first-order valence-corrected chi connectivity index (χ1v) is 5.29. The monoisotopic (exact) mass is 214 g/mol. The number of carbonyl (C=O) groups is 1. The van der Waals surface area contributed by atoms with Crippen LogP contribution in [0.25, 0.3) is 0 Å². The fraction of sp³-hybridized carbons (Fsp3) is 0.308. The number of hydrogen-bond donors (Lipinski definition) is 2. The molecule has 0 spiro atoms. The summed E-state index contributed by atoms with van der Waals surface area (Å²) in [7, 11) is 1.81. The fourth-order valence-electron chi connectivity index (χ4n) is 2.01. The van der Waals surface area contributed by atoms with Gasteiger partial charge in [-0.05, 0) is 25.1 Å². The molecule has 1 aromatic carbocycles. The molecule has 1 amide bonds. The number of terminal acetylenes is 1. The Morgan fingerprint density at radius 3 is 3.00 bits per heavy atom. The molecule has 1 aliphatic rings. The van der Waals surface area contributed by atoms with E-state index in [-0.39, 0.29) is 17.9 Å². The van der Waals surface area contributed by atoms with Crippen molar-refractivity contribution >= 4 is 11.6 Å². The lowest BCUT2D eigenvalue weighted by molar-refractivity contribution is -0.117. The van der Waals surface area contributed by atoms with Gasteiger partial charge < -0.3 is 10.6 Å². The normalized spacial score (nSPS) is 19.8. The average Bonchev–Trinajstić information content (AvgIpc) is 2.62. The largest absolute Gasteiger partial charge is 0.325 e. The zero-order valence-corrected chi connectivity index (χ0v) is 9.16. The van der Waals surface area contributed by atoms with Gasteiger partial charge in [0.15, 0.2) is 0 Å². The van der Waals surface area contributed by atoms with Gasteiger partial charge in [-0.1, -0.05) is 24.1 Å². The van der Waals surface area contributed by atoms with Crippen LogP contribution < -0.4 is 10.6 Å². The van der Waals surface area contributed by atoms with Crippen molar-refractivity contribution in [2.24, 2.45) is 0 Å². The first-order valence-electron chi connectivity index (χ1n) is 5.29. The Balaban J connectivity index is 2.23. The first-order chi connectivity index (χ1) is 7.76. The van der Waals surface area contributed by atoms with Crippen LogP contribution in [0.5, 0.6) is 0 Å². The van der Waals surface area contributed by atoms with Crippen molar-refractivity contribution in [1.29, 1.82) is 0 Å². The molecule has 1 heterocycles. The highest BCUT2D eigenvalue weighted by atomic mass is 16.2. The molecule has 3 nitrogen and oxygen atoms in total. The second-order valence-electron chi connectivity index (χ2n) is 3.87. The van der Waals surface area contributed by atoms with Crippen LogP contribution in [-0.2, 0) is 4.79 Å². The van der Waals surface area contributed by atoms with Crippen molar-refractivity contribution in [3.8, 4) is 12.3 Å². The van der Waals surface area contributed by atoms with Gasteiger partial charge in [0, 0.05) is 5.69 Å². The summed E-state index contributed by atoms with van der Waals surface area (Å²) in [6, 6.07) is 7.68. The fourth-order valence-corrected chi connectivity index (χ4v) is 2.01. The molecule has 2 unspecified atom stereocenters. The molecule has 2 atom stereocenters. The van der Waals surface area contributed by atoms with Crippen LogP contribution in [0.3, 0.4) is 0 Å². The number of para-hydroxylation sites is 1. The van der Waals surface area contributed by atoms with E-state index in [1.165, 1.54) is 0 Å². The van der Waals surface area contributed by atoms with Gasteiger partial charge in [-0.25, -0.2) is 0 Å². The quantitative estimate of drug-likeness (QED) is 0.745. The number of hydrogen-bond acceptors (Lipinski definition) is 2. The zero-order chi connectivity index (χ0) is 11.5. The molecule has 0 aliphatic carbocycles. The third kappa shape index (κ3) is 1.80. The van der Waals surface area contributed by atoms with E-state index in [2.05, 4.69) is 16.6 Å². The lowest BCUT2D eigenvalue weighted by atomic mass is 9.94. The van der Waals surface area contributed by atoms with Crippen LogP contribution in [0.15, 0.2) is 24.3 Å². The Kier molecular flexibility index (Phi) is 2.93. The third-order valence-electron chi connectivity index (χ3n) is 2.93. The molecule has 3 heteroatoms. The van der Waals surface area contributed by atoms with E-state index in [0.717, 1.165) is 11.3 Å². The average molecular weight is 214 g/mol. The number of nitrogens with one attached hydrogen (secondary N) is 2. The minimum atomic E-state index is -0.135.